The second-order valence-electron chi connectivity index (χ2n) is 3.21. The van der Waals surface area contributed by atoms with Gasteiger partial charge in [-0.1, -0.05) is 0 Å². The van der Waals surface area contributed by atoms with Gasteiger partial charge in [-0.25, -0.2) is 0 Å². The lowest BCUT2D eigenvalue weighted by Crippen LogP contribution is -2.52. The Labute approximate surface area is 79.3 Å². The summed E-state index contributed by atoms with van der Waals surface area (Å²) >= 11 is 0. The number of hydrogen-bond donors (Lipinski definition) is 1. The molecule has 1 unspecified atom stereocenters. The molecule has 12 heavy (non-hydrogen) atoms. The van der Waals surface area contributed by atoms with Crippen molar-refractivity contribution in [2.45, 2.75) is 31.7 Å². The van der Waals surface area contributed by atoms with Gasteiger partial charge in [0.2, 0.25) is 0 Å². The molecule has 0 aromatic heterocycles. The fourth-order valence-corrected chi connectivity index (χ4v) is 1.46. The lowest BCUT2D eigenvalue weighted by Gasteiger charge is -2.31. The van der Waals surface area contributed by atoms with Gasteiger partial charge >= 0.3 is 5.97 Å². The van der Waals surface area contributed by atoms with Gasteiger partial charge in [-0.15, -0.1) is 12.4 Å². The second-order valence-corrected chi connectivity index (χ2v) is 3.21. The summed E-state index contributed by atoms with van der Waals surface area (Å²) in [6.45, 7) is 2.82. The molecule has 0 amide bonds. The molecule has 1 aliphatic heterocycles. The zero-order valence-electron chi connectivity index (χ0n) is 7.55. The average molecular weight is 194 g/mol. The summed E-state index contributed by atoms with van der Waals surface area (Å²) in [5.74, 6) is -0.141. The lowest BCUT2D eigenvalue weighted by atomic mass is 9.91. The Bertz CT molecular complexity index is 155. The number of carbonyl (C=O) groups excluding carboxylic acids is 1. The Morgan fingerprint density at radius 1 is 1.50 bits per heavy atom. The third kappa shape index (κ3) is 2.35. The SMILES string of the molecule is COC(=O)C1(C)CCCCN1.Cl. The summed E-state index contributed by atoms with van der Waals surface area (Å²) in [5.41, 5.74) is -0.424. The van der Waals surface area contributed by atoms with Crippen LogP contribution in [-0.4, -0.2) is 25.2 Å². The molecule has 1 aliphatic rings. The highest BCUT2D eigenvalue weighted by atomic mass is 35.5. The monoisotopic (exact) mass is 193 g/mol. The highest BCUT2D eigenvalue weighted by molar-refractivity contribution is 5.85. The van der Waals surface area contributed by atoms with E-state index in [2.05, 4.69) is 5.32 Å². The molecule has 1 atom stereocenters. The molecule has 0 aromatic rings. The summed E-state index contributed by atoms with van der Waals surface area (Å²) in [6, 6.07) is 0. The highest BCUT2D eigenvalue weighted by Gasteiger charge is 2.34. The fraction of sp³-hybridized carbons (Fsp3) is 0.875. The van der Waals surface area contributed by atoms with Crippen molar-refractivity contribution < 1.29 is 9.53 Å². The maximum absolute atomic E-state index is 11.2. The first kappa shape index (κ1) is 11.7. The van der Waals surface area contributed by atoms with Gasteiger partial charge < -0.3 is 10.1 Å². The smallest absolute Gasteiger partial charge is 0.325 e. The third-order valence-corrected chi connectivity index (χ3v) is 2.25. The molecule has 1 saturated heterocycles. The van der Waals surface area contributed by atoms with Gasteiger partial charge in [0.1, 0.15) is 5.54 Å². The van der Waals surface area contributed by atoms with E-state index >= 15 is 0 Å². The minimum atomic E-state index is -0.424. The van der Waals surface area contributed by atoms with Crippen LogP contribution in [0, 0.1) is 0 Å². The van der Waals surface area contributed by atoms with Gasteiger partial charge in [0, 0.05) is 0 Å². The lowest BCUT2D eigenvalue weighted by molar-refractivity contribution is -0.148. The first-order valence-electron chi connectivity index (χ1n) is 4.02. The number of carbonyl (C=O) groups is 1. The molecule has 0 aliphatic carbocycles. The number of rotatable bonds is 1. The number of halogens is 1. The molecule has 0 saturated carbocycles. The van der Waals surface area contributed by atoms with Crippen LogP contribution >= 0.6 is 12.4 Å². The maximum atomic E-state index is 11.2. The molecule has 0 aromatic carbocycles. The van der Waals surface area contributed by atoms with Gasteiger partial charge in [0.05, 0.1) is 7.11 Å². The molecule has 1 rings (SSSR count). The van der Waals surface area contributed by atoms with Crippen LogP contribution in [0.15, 0.2) is 0 Å². The summed E-state index contributed by atoms with van der Waals surface area (Å²) in [7, 11) is 1.43. The number of nitrogens with one attached hydrogen (secondary N) is 1. The topological polar surface area (TPSA) is 38.3 Å². The summed E-state index contributed by atoms with van der Waals surface area (Å²) in [5, 5.41) is 3.17. The normalized spacial score (nSPS) is 28.8. The van der Waals surface area contributed by atoms with Crippen LogP contribution in [0.2, 0.25) is 0 Å². The van der Waals surface area contributed by atoms with Crippen LogP contribution in [0.3, 0.4) is 0 Å². The van der Waals surface area contributed by atoms with E-state index in [-0.39, 0.29) is 18.4 Å². The molecule has 72 valence electrons. The van der Waals surface area contributed by atoms with Crippen molar-refractivity contribution >= 4 is 18.4 Å². The van der Waals surface area contributed by atoms with E-state index in [1.807, 2.05) is 6.92 Å². The summed E-state index contributed by atoms with van der Waals surface area (Å²) in [6.07, 6.45) is 3.16. The Morgan fingerprint density at radius 2 is 2.17 bits per heavy atom. The van der Waals surface area contributed by atoms with E-state index in [0.29, 0.717) is 0 Å². The average Bonchev–Trinajstić information content (AvgIpc) is 2.04. The maximum Gasteiger partial charge on any atom is 0.325 e. The van der Waals surface area contributed by atoms with Crippen molar-refractivity contribution in [2.24, 2.45) is 0 Å². The number of methoxy groups -OCH3 is 1. The first-order chi connectivity index (χ1) is 5.19. The van der Waals surface area contributed by atoms with E-state index in [0.717, 1.165) is 25.8 Å². The van der Waals surface area contributed by atoms with Crippen LogP contribution in [0.4, 0.5) is 0 Å². The van der Waals surface area contributed by atoms with Crippen molar-refractivity contribution in [1.82, 2.24) is 5.32 Å². The molecular weight excluding hydrogens is 178 g/mol. The minimum absolute atomic E-state index is 0. The van der Waals surface area contributed by atoms with Crippen LogP contribution in [0.25, 0.3) is 0 Å². The summed E-state index contributed by atoms with van der Waals surface area (Å²) in [4.78, 5) is 11.2. The number of esters is 1. The zero-order valence-corrected chi connectivity index (χ0v) is 8.37. The van der Waals surface area contributed by atoms with Crippen LogP contribution in [0.5, 0.6) is 0 Å². The van der Waals surface area contributed by atoms with Crippen molar-refractivity contribution in [2.75, 3.05) is 13.7 Å². The molecule has 1 N–H and O–H groups in total. The highest BCUT2D eigenvalue weighted by Crippen LogP contribution is 2.19. The molecule has 0 bridgehead atoms. The Morgan fingerprint density at radius 3 is 2.58 bits per heavy atom. The van der Waals surface area contributed by atoms with Crippen molar-refractivity contribution in [3.05, 3.63) is 0 Å². The van der Waals surface area contributed by atoms with E-state index in [4.69, 9.17) is 4.74 Å². The van der Waals surface area contributed by atoms with Gasteiger partial charge in [0.25, 0.3) is 0 Å². The molecule has 0 spiro atoms. The molecule has 3 nitrogen and oxygen atoms in total. The summed E-state index contributed by atoms with van der Waals surface area (Å²) < 4.78 is 4.69. The number of piperidine rings is 1. The molecular formula is C8H16ClNO2. The van der Waals surface area contributed by atoms with Gasteiger partial charge in [0.15, 0.2) is 0 Å². The quantitative estimate of drug-likeness (QED) is 0.635. The van der Waals surface area contributed by atoms with Crippen molar-refractivity contribution in [3.63, 3.8) is 0 Å². The van der Waals surface area contributed by atoms with Gasteiger partial charge in [-0.05, 0) is 32.7 Å². The Hall–Kier alpha value is -0.280. The van der Waals surface area contributed by atoms with Crippen LogP contribution in [-0.2, 0) is 9.53 Å². The van der Waals surface area contributed by atoms with Crippen molar-refractivity contribution in [3.8, 4) is 0 Å². The van der Waals surface area contributed by atoms with Crippen LogP contribution < -0.4 is 5.32 Å². The van der Waals surface area contributed by atoms with Crippen LogP contribution in [0.1, 0.15) is 26.2 Å². The second kappa shape index (κ2) is 4.67. The zero-order chi connectivity index (χ0) is 8.32. The standard InChI is InChI=1S/C8H15NO2.ClH/c1-8(7(10)11-2)5-3-4-6-9-8;/h9H,3-6H2,1-2H3;1H. The van der Waals surface area contributed by atoms with E-state index in [1.165, 1.54) is 7.11 Å². The number of ether oxygens (including phenoxy) is 1. The van der Waals surface area contributed by atoms with Gasteiger partial charge in [-0.3, -0.25) is 4.79 Å². The minimum Gasteiger partial charge on any atom is -0.468 e. The molecule has 1 fully saturated rings. The van der Waals surface area contributed by atoms with E-state index in [9.17, 15) is 4.79 Å². The largest absolute Gasteiger partial charge is 0.468 e. The van der Waals surface area contributed by atoms with Crippen molar-refractivity contribution in [1.29, 1.82) is 0 Å². The fourth-order valence-electron chi connectivity index (χ4n) is 1.46. The van der Waals surface area contributed by atoms with E-state index < -0.39 is 5.54 Å². The number of hydrogen-bond acceptors (Lipinski definition) is 3. The van der Waals surface area contributed by atoms with Gasteiger partial charge in [-0.2, -0.15) is 0 Å². The van der Waals surface area contributed by atoms with E-state index in [1.54, 1.807) is 0 Å². The predicted octanol–water partition coefficient (Wildman–Crippen LogP) is 1.11. The molecule has 0 radical (unpaired) electrons. The molecule has 4 heteroatoms. The predicted molar refractivity (Wildman–Crippen MR) is 49.5 cm³/mol. The first-order valence-corrected chi connectivity index (χ1v) is 4.02. The molecule has 1 heterocycles. The third-order valence-electron chi connectivity index (χ3n) is 2.25. The Balaban J connectivity index is 0.00000121. The Kier molecular flexibility index (Phi) is 4.57.